The summed E-state index contributed by atoms with van der Waals surface area (Å²) in [5.41, 5.74) is 7.34. The van der Waals surface area contributed by atoms with Crippen molar-refractivity contribution >= 4 is 21.8 Å². The van der Waals surface area contributed by atoms with Gasteiger partial charge in [-0.15, -0.1) is 0 Å². The number of amidine groups is 1. The van der Waals surface area contributed by atoms with Gasteiger partial charge < -0.3 is 5.73 Å². The number of rotatable bonds is 1. The molecule has 3 nitrogen and oxygen atoms in total. The lowest BCUT2D eigenvalue weighted by atomic mass is 9.70. The fourth-order valence-electron chi connectivity index (χ4n) is 3.90. The highest BCUT2D eigenvalue weighted by Crippen LogP contribution is 2.44. The van der Waals surface area contributed by atoms with Crippen LogP contribution in [-0.2, 0) is 0 Å². The first kappa shape index (κ1) is 14.6. The monoisotopic (exact) mass is 345 g/mol. The molecule has 0 spiro atoms. The van der Waals surface area contributed by atoms with Gasteiger partial charge in [-0.3, -0.25) is 4.99 Å². The number of nitrogens with zero attached hydrogens (tertiary/aromatic N) is 2. The van der Waals surface area contributed by atoms with Crippen LogP contribution >= 0.6 is 15.9 Å². The number of fused-ring (bicyclic) bond motifs is 1. The molecule has 2 N–H and O–H groups in total. The van der Waals surface area contributed by atoms with Crippen LogP contribution in [0.2, 0.25) is 0 Å². The quantitative estimate of drug-likeness (QED) is 0.836. The van der Waals surface area contributed by atoms with Crippen molar-refractivity contribution in [2.45, 2.75) is 44.1 Å². The zero-order chi connectivity index (χ0) is 14.8. The Hall–Kier alpha value is -1.34. The van der Waals surface area contributed by atoms with Crippen LogP contribution in [0.25, 0.3) is 0 Å². The molecule has 1 aliphatic carbocycles. The third-order valence-corrected chi connectivity index (χ3v) is 5.35. The van der Waals surface area contributed by atoms with Crippen molar-refractivity contribution in [3.8, 4) is 6.07 Å². The van der Waals surface area contributed by atoms with E-state index in [0.29, 0.717) is 17.8 Å². The zero-order valence-electron chi connectivity index (χ0n) is 12.0. The van der Waals surface area contributed by atoms with Crippen molar-refractivity contribution in [2.75, 3.05) is 0 Å². The van der Waals surface area contributed by atoms with E-state index in [1.165, 1.54) is 24.8 Å². The molecule has 1 fully saturated rings. The van der Waals surface area contributed by atoms with Crippen molar-refractivity contribution in [2.24, 2.45) is 22.6 Å². The van der Waals surface area contributed by atoms with E-state index in [1.807, 2.05) is 12.1 Å². The first-order valence-corrected chi connectivity index (χ1v) is 8.48. The molecule has 4 heteroatoms. The Morgan fingerprint density at radius 1 is 1.24 bits per heavy atom. The van der Waals surface area contributed by atoms with E-state index in [2.05, 4.69) is 39.1 Å². The second-order valence-electron chi connectivity index (χ2n) is 6.11. The summed E-state index contributed by atoms with van der Waals surface area (Å²) in [4.78, 5) is 4.67. The second-order valence-corrected chi connectivity index (χ2v) is 7.03. The molecule has 0 saturated heterocycles. The topological polar surface area (TPSA) is 62.2 Å². The van der Waals surface area contributed by atoms with Crippen LogP contribution in [0.5, 0.6) is 0 Å². The Morgan fingerprint density at radius 3 is 2.81 bits per heavy atom. The molecule has 3 rings (SSSR count). The van der Waals surface area contributed by atoms with Crippen molar-refractivity contribution in [3.05, 3.63) is 34.3 Å². The van der Waals surface area contributed by atoms with Crippen LogP contribution in [0.15, 0.2) is 33.7 Å². The van der Waals surface area contributed by atoms with Crippen molar-refractivity contribution in [3.63, 3.8) is 0 Å². The van der Waals surface area contributed by atoms with Gasteiger partial charge in [-0.25, -0.2) is 0 Å². The highest BCUT2D eigenvalue weighted by molar-refractivity contribution is 9.10. The Labute approximate surface area is 134 Å². The molecule has 0 amide bonds. The van der Waals surface area contributed by atoms with Crippen molar-refractivity contribution < 1.29 is 0 Å². The highest BCUT2D eigenvalue weighted by atomic mass is 79.9. The van der Waals surface area contributed by atoms with Gasteiger partial charge in [-0.05, 0) is 36.5 Å². The minimum absolute atomic E-state index is 0.174. The standard InChI is InChI=1S/C17H20BrN3/c18-12-6-4-5-11(9-12)16-13-7-2-1-3-8-15(13)21-17(20)14(16)10-19/h4-6,9,13-16H,1-3,7-8H2,(H2,20,21). The number of nitrogens with two attached hydrogens (primary N) is 1. The van der Waals surface area contributed by atoms with Gasteiger partial charge in [0, 0.05) is 10.4 Å². The molecule has 0 aromatic heterocycles. The molecular weight excluding hydrogens is 326 g/mol. The molecule has 1 aromatic rings. The molecule has 1 aliphatic heterocycles. The number of hydrogen-bond donors (Lipinski definition) is 1. The Bertz CT molecular complexity index is 590. The minimum atomic E-state index is -0.293. The van der Waals surface area contributed by atoms with E-state index in [0.717, 1.165) is 17.3 Å². The largest absolute Gasteiger partial charge is 0.386 e. The summed E-state index contributed by atoms with van der Waals surface area (Å²) in [5, 5.41) is 9.60. The molecule has 0 radical (unpaired) electrons. The lowest BCUT2D eigenvalue weighted by Crippen LogP contribution is -2.41. The molecule has 1 saturated carbocycles. The average Bonchev–Trinajstić information content (AvgIpc) is 2.70. The number of benzene rings is 1. The van der Waals surface area contributed by atoms with Crippen LogP contribution < -0.4 is 5.73 Å². The van der Waals surface area contributed by atoms with E-state index >= 15 is 0 Å². The predicted octanol–water partition coefficient (Wildman–Crippen LogP) is 3.99. The first-order valence-electron chi connectivity index (χ1n) is 7.69. The van der Waals surface area contributed by atoms with Crippen LogP contribution in [0.3, 0.4) is 0 Å². The van der Waals surface area contributed by atoms with Crippen molar-refractivity contribution in [1.82, 2.24) is 0 Å². The molecule has 4 unspecified atom stereocenters. The number of halogens is 1. The maximum Gasteiger partial charge on any atom is 0.112 e. The molecule has 2 aliphatic rings. The number of nitriles is 1. The summed E-state index contributed by atoms with van der Waals surface area (Å²) in [7, 11) is 0. The van der Waals surface area contributed by atoms with Gasteiger partial charge in [0.2, 0.25) is 0 Å². The van der Waals surface area contributed by atoms with E-state index in [9.17, 15) is 5.26 Å². The maximum atomic E-state index is 9.60. The summed E-state index contributed by atoms with van der Waals surface area (Å²) >= 11 is 3.54. The molecule has 21 heavy (non-hydrogen) atoms. The van der Waals surface area contributed by atoms with E-state index in [-0.39, 0.29) is 11.8 Å². The zero-order valence-corrected chi connectivity index (χ0v) is 13.6. The summed E-state index contributed by atoms with van der Waals surface area (Å²) in [5.74, 6) is 0.858. The van der Waals surface area contributed by atoms with Crippen molar-refractivity contribution in [1.29, 1.82) is 5.26 Å². The SMILES string of the molecule is N#CC1C(N)=NC2CCCCCC2C1c1cccc(Br)c1. The number of hydrogen-bond acceptors (Lipinski definition) is 3. The lowest BCUT2D eigenvalue weighted by Gasteiger charge is -2.38. The Kier molecular flexibility index (Phi) is 4.30. The van der Waals surface area contributed by atoms with Gasteiger partial charge in [-0.2, -0.15) is 5.26 Å². The van der Waals surface area contributed by atoms with Crippen LogP contribution in [0, 0.1) is 23.2 Å². The van der Waals surface area contributed by atoms with Gasteiger partial charge in [0.15, 0.2) is 0 Å². The predicted molar refractivity (Wildman–Crippen MR) is 88.0 cm³/mol. The fourth-order valence-corrected chi connectivity index (χ4v) is 4.32. The van der Waals surface area contributed by atoms with E-state index in [4.69, 9.17) is 5.73 Å². The average molecular weight is 346 g/mol. The second kappa shape index (κ2) is 6.19. The Morgan fingerprint density at radius 2 is 2.05 bits per heavy atom. The normalized spacial score (nSPS) is 32.5. The third-order valence-electron chi connectivity index (χ3n) is 4.86. The maximum absolute atomic E-state index is 9.60. The number of aliphatic imine (C=N–C) groups is 1. The molecule has 1 heterocycles. The van der Waals surface area contributed by atoms with Crippen LogP contribution in [-0.4, -0.2) is 11.9 Å². The molecular formula is C17H20BrN3. The van der Waals surface area contributed by atoms with Crippen LogP contribution in [0.1, 0.15) is 43.6 Å². The third kappa shape index (κ3) is 2.85. The molecule has 4 atom stereocenters. The summed E-state index contributed by atoms with van der Waals surface area (Å²) in [6.45, 7) is 0. The van der Waals surface area contributed by atoms with Gasteiger partial charge in [0.05, 0.1) is 12.1 Å². The van der Waals surface area contributed by atoms with Gasteiger partial charge in [-0.1, -0.05) is 47.3 Å². The first-order chi connectivity index (χ1) is 10.2. The van der Waals surface area contributed by atoms with Crippen LogP contribution in [0.4, 0.5) is 0 Å². The summed E-state index contributed by atoms with van der Waals surface area (Å²) < 4.78 is 1.06. The van der Waals surface area contributed by atoms with Gasteiger partial charge >= 0.3 is 0 Å². The molecule has 1 aromatic carbocycles. The van der Waals surface area contributed by atoms with Gasteiger partial charge in [0.25, 0.3) is 0 Å². The smallest absolute Gasteiger partial charge is 0.112 e. The van der Waals surface area contributed by atoms with E-state index < -0.39 is 0 Å². The van der Waals surface area contributed by atoms with E-state index in [1.54, 1.807) is 0 Å². The molecule has 0 bridgehead atoms. The molecule has 110 valence electrons. The summed E-state index contributed by atoms with van der Waals surface area (Å²) in [6.07, 6.45) is 5.98. The lowest BCUT2D eigenvalue weighted by molar-refractivity contribution is 0.295. The van der Waals surface area contributed by atoms with Gasteiger partial charge in [0.1, 0.15) is 11.8 Å². The Balaban J connectivity index is 2.05. The fraction of sp³-hybridized carbons (Fsp3) is 0.529. The summed E-state index contributed by atoms with van der Waals surface area (Å²) in [6, 6.07) is 11.0. The minimum Gasteiger partial charge on any atom is -0.386 e. The highest BCUT2D eigenvalue weighted by Gasteiger charge is 2.41.